The number of fused-ring (bicyclic) bond motifs is 1. The van der Waals surface area contributed by atoms with Crippen molar-refractivity contribution in [3.8, 4) is 0 Å². The third kappa shape index (κ3) is 2.69. The zero-order valence-corrected chi connectivity index (χ0v) is 13.7. The molecule has 3 aromatic rings. The fraction of sp³-hybridized carbons (Fsp3) is 0.312. The summed E-state index contributed by atoms with van der Waals surface area (Å²) >= 11 is 1.60. The molecule has 8 heteroatoms. The van der Waals surface area contributed by atoms with Gasteiger partial charge in [0.25, 0.3) is 0 Å². The number of thiazole rings is 1. The van der Waals surface area contributed by atoms with E-state index in [-0.39, 0.29) is 12.5 Å². The molecule has 1 amide bonds. The maximum atomic E-state index is 12.5. The van der Waals surface area contributed by atoms with Gasteiger partial charge >= 0.3 is 5.76 Å². The van der Waals surface area contributed by atoms with E-state index in [2.05, 4.69) is 9.88 Å². The number of carbonyl (C=O) groups is 1. The smallest absolute Gasteiger partial charge is 0.408 e. The average Bonchev–Trinajstić information content (AvgIpc) is 3.24. The van der Waals surface area contributed by atoms with E-state index in [0.717, 1.165) is 18.2 Å². The number of piperazine rings is 1. The first-order valence-corrected chi connectivity index (χ1v) is 8.61. The number of hydrogen-bond acceptors (Lipinski definition) is 6. The van der Waals surface area contributed by atoms with Crippen LogP contribution in [-0.4, -0.2) is 46.5 Å². The van der Waals surface area contributed by atoms with Gasteiger partial charge in [-0.3, -0.25) is 9.36 Å². The van der Waals surface area contributed by atoms with E-state index in [0.29, 0.717) is 24.2 Å². The highest BCUT2D eigenvalue weighted by atomic mass is 32.1. The molecule has 1 aliphatic heterocycles. The van der Waals surface area contributed by atoms with Crippen LogP contribution < -0.4 is 10.7 Å². The number of aromatic nitrogens is 2. The van der Waals surface area contributed by atoms with Gasteiger partial charge in [-0.2, -0.15) is 0 Å². The van der Waals surface area contributed by atoms with Gasteiger partial charge in [-0.25, -0.2) is 9.78 Å². The fourth-order valence-electron chi connectivity index (χ4n) is 2.92. The molecule has 7 nitrogen and oxygen atoms in total. The highest BCUT2D eigenvalue weighted by Crippen LogP contribution is 2.19. The van der Waals surface area contributed by atoms with Crippen molar-refractivity contribution >= 4 is 33.5 Å². The van der Waals surface area contributed by atoms with Gasteiger partial charge in [-0.15, -0.1) is 11.3 Å². The SMILES string of the molecule is O=C(Cn1c(=O)oc2ccccc21)N1CCN(c2nccs2)CC1. The summed E-state index contributed by atoms with van der Waals surface area (Å²) in [4.78, 5) is 32.8. The lowest BCUT2D eigenvalue weighted by Gasteiger charge is -2.34. The molecule has 1 saturated heterocycles. The zero-order chi connectivity index (χ0) is 16.5. The minimum atomic E-state index is -0.494. The van der Waals surface area contributed by atoms with E-state index >= 15 is 0 Å². The van der Waals surface area contributed by atoms with Crippen LogP contribution in [0.3, 0.4) is 0 Å². The van der Waals surface area contributed by atoms with Crippen LogP contribution in [-0.2, 0) is 11.3 Å². The second-order valence-electron chi connectivity index (χ2n) is 5.60. The van der Waals surface area contributed by atoms with Crippen LogP contribution in [0.15, 0.2) is 45.1 Å². The van der Waals surface area contributed by atoms with E-state index in [9.17, 15) is 9.59 Å². The third-order valence-electron chi connectivity index (χ3n) is 4.19. The van der Waals surface area contributed by atoms with Crippen molar-refractivity contribution in [2.24, 2.45) is 0 Å². The normalized spacial score (nSPS) is 15.2. The Balaban J connectivity index is 1.45. The Morgan fingerprint density at radius 3 is 2.75 bits per heavy atom. The highest BCUT2D eigenvalue weighted by Gasteiger charge is 2.23. The van der Waals surface area contributed by atoms with Crippen LogP contribution in [0.2, 0.25) is 0 Å². The second kappa shape index (κ2) is 6.12. The fourth-order valence-corrected chi connectivity index (χ4v) is 3.61. The Morgan fingerprint density at radius 1 is 1.21 bits per heavy atom. The number of rotatable bonds is 3. The summed E-state index contributed by atoms with van der Waals surface area (Å²) in [5.74, 6) is -0.562. The molecule has 1 aromatic carbocycles. The molecule has 1 fully saturated rings. The molecule has 1 aliphatic rings. The van der Waals surface area contributed by atoms with Gasteiger partial charge < -0.3 is 14.2 Å². The number of amides is 1. The lowest BCUT2D eigenvalue weighted by Crippen LogP contribution is -2.50. The standard InChI is InChI=1S/C16H16N4O3S/c21-14(11-20-12-3-1-2-4-13(12)23-16(20)22)18-6-8-19(9-7-18)15-17-5-10-24-15/h1-5,10H,6-9,11H2. The number of hydrogen-bond donors (Lipinski definition) is 0. The van der Waals surface area contributed by atoms with E-state index in [4.69, 9.17) is 4.42 Å². The zero-order valence-electron chi connectivity index (χ0n) is 12.9. The number of para-hydroxylation sites is 2. The highest BCUT2D eigenvalue weighted by molar-refractivity contribution is 7.13. The van der Waals surface area contributed by atoms with Crippen molar-refractivity contribution in [2.75, 3.05) is 31.1 Å². The van der Waals surface area contributed by atoms with Crippen LogP contribution in [0.4, 0.5) is 5.13 Å². The molecule has 0 unspecified atom stereocenters. The maximum Gasteiger partial charge on any atom is 0.420 e. The predicted molar refractivity (Wildman–Crippen MR) is 91.4 cm³/mol. The van der Waals surface area contributed by atoms with Gasteiger partial charge in [-0.05, 0) is 12.1 Å². The summed E-state index contributed by atoms with van der Waals surface area (Å²) in [7, 11) is 0. The van der Waals surface area contributed by atoms with E-state index < -0.39 is 5.76 Å². The minimum Gasteiger partial charge on any atom is -0.408 e. The first kappa shape index (κ1) is 14.9. The van der Waals surface area contributed by atoms with E-state index in [1.807, 2.05) is 11.4 Å². The van der Waals surface area contributed by atoms with Crippen molar-refractivity contribution in [1.82, 2.24) is 14.5 Å². The predicted octanol–water partition coefficient (Wildman–Crippen LogP) is 1.40. The number of carbonyl (C=O) groups excluding carboxylic acids is 1. The van der Waals surface area contributed by atoms with Crippen molar-refractivity contribution in [1.29, 1.82) is 0 Å². The molecule has 0 radical (unpaired) electrons. The molecule has 0 atom stereocenters. The molecule has 24 heavy (non-hydrogen) atoms. The number of nitrogens with zero attached hydrogens (tertiary/aromatic N) is 4. The third-order valence-corrected chi connectivity index (χ3v) is 5.02. The molecule has 4 rings (SSSR count). The summed E-state index contributed by atoms with van der Waals surface area (Å²) in [5, 5.41) is 2.93. The average molecular weight is 344 g/mol. The molecule has 0 spiro atoms. The Labute approximate surface area is 141 Å². The Kier molecular flexibility index (Phi) is 3.81. The van der Waals surface area contributed by atoms with Crippen LogP contribution in [0.5, 0.6) is 0 Å². The van der Waals surface area contributed by atoms with Gasteiger partial charge in [0.2, 0.25) is 5.91 Å². The van der Waals surface area contributed by atoms with E-state index in [1.165, 1.54) is 4.57 Å². The quantitative estimate of drug-likeness (QED) is 0.718. The van der Waals surface area contributed by atoms with Gasteiger partial charge in [0.15, 0.2) is 10.7 Å². The summed E-state index contributed by atoms with van der Waals surface area (Å²) in [6.07, 6.45) is 1.79. The van der Waals surface area contributed by atoms with Crippen molar-refractivity contribution in [3.05, 3.63) is 46.4 Å². The van der Waals surface area contributed by atoms with Gasteiger partial charge in [-0.1, -0.05) is 12.1 Å². The summed E-state index contributed by atoms with van der Waals surface area (Å²) < 4.78 is 6.57. The van der Waals surface area contributed by atoms with Crippen LogP contribution in [0.25, 0.3) is 11.1 Å². The second-order valence-corrected chi connectivity index (χ2v) is 6.48. The first-order valence-electron chi connectivity index (χ1n) is 7.73. The lowest BCUT2D eigenvalue weighted by molar-refractivity contribution is -0.132. The Bertz CT molecular complexity index is 907. The summed E-state index contributed by atoms with van der Waals surface area (Å²) in [6.45, 7) is 2.76. The Hall–Kier alpha value is -2.61. The largest absolute Gasteiger partial charge is 0.420 e. The van der Waals surface area contributed by atoms with Crippen molar-refractivity contribution < 1.29 is 9.21 Å². The molecule has 2 aromatic heterocycles. The van der Waals surface area contributed by atoms with E-state index in [1.54, 1.807) is 40.6 Å². The van der Waals surface area contributed by atoms with Crippen LogP contribution >= 0.6 is 11.3 Å². The Morgan fingerprint density at radius 2 is 2.00 bits per heavy atom. The first-order chi connectivity index (χ1) is 11.7. The van der Waals surface area contributed by atoms with Gasteiger partial charge in [0, 0.05) is 37.8 Å². The topological polar surface area (TPSA) is 71.6 Å². The molecule has 0 N–H and O–H groups in total. The molecular formula is C16H16N4O3S. The van der Waals surface area contributed by atoms with Crippen molar-refractivity contribution in [2.45, 2.75) is 6.54 Å². The molecule has 124 valence electrons. The van der Waals surface area contributed by atoms with Crippen LogP contribution in [0, 0.1) is 0 Å². The maximum absolute atomic E-state index is 12.5. The molecule has 0 bridgehead atoms. The number of oxazole rings is 1. The monoisotopic (exact) mass is 344 g/mol. The lowest BCUT2D eigenvalue weighted by atomic mass is 10.3. The minimum absolute atomic E-state index is 0.00704. The molecule has 0 saturated carbocycles. The van der Waals surface area contributed by atoms with Gasteiger partial charge in [0.1, 0.15) is 6.54 Å². The summed E-state index contributed by atoms with van der Waals surface area (Å²) in [6, 6.07) is 7.14. The number of anilines is 1. The molecule has 0 aliphatic carbocycles. The van der Waals surface area contributed by atoms with Crippen LogP contribution in [0.1, 0.15) is 0 Å². The van der Waals surface area contributed by atoms with Gasteiger partial charge in [0.05, 0.1) is 5.52 Å². The molecular weight excluding hydrogens is 328 g/mol. The van der Waals surface area contributed by atoms with Crippen molar-refractivity contribution in [3.63, 3.8) is 0 Å². The number of benzene rings is 1. The molecule has 3 heterocycles. The summed E-state index contributed by atoms with van der Waals surface area (Å²) in [5.41, 5.74) is 1.15.